The van der Waals surface area contributed by atoms with Crippen molar-refractivity contribution in [2.75, 3.05) is 32.6 Å². The van der Waals surface area contributed by atoms with E-state index in [2.05, 4.69) is 58.3 Å². The minimum Gasteiger partial charge on any atom is -0.508 e. The molecule has 7 aliphatic heterocycles. The summed E-state index contributed by atoms with van der Waals surface area (Å²) in [4.78, 5) is 155. The molecule has 18 atom stereocenters. The summed E-state index contributed by atoms with van der Waals surface area (Å²) in [6, 6.07) is 5.61. The summed E-state index contributed by atoms with van der Waals surface area (Å²) in [5, 5.41) is 130. The standard InChI is InChI=1S/C81H89Cl4N13O26/c1-32(2)19-46(87-5)72(110)95-63-65(105)36-9-13-50(44(84)23-36)120-52-25-38-26-53(69(52)124-79-70(68(108)67(107)54(31-99)122-79)123-58-30-81(4,71(109)33(3)119-58)88-16-18-98-17-15-56(91-80(98)117)90-57(104)21-34-7-11-42(82)43(83)20-34)121-51-14-10-37(24-45(51)85)66(106)64-77(115)94-62(78(116)97-118-6)41-27-39(100)28-49(102)59(41)40-22-35(8-12-48(40)101)60(74(112)96-64)93-75(113)61(38)92-73(111)47(29-55(86)103)89-76(63)114/h7-15,17,20,22-28,32-33,46-47,54,58,60-68,70-71,79,87-88,99-102,105-109H,16,18-19,21,29-31H2,1-6H3,(H2,86,103)(H,89,114)(H,92,111)(H,93,113)(H,94,115)(H,95,110)(H,96,112)(H,97,116)(H,90,91,104,117)/t33-,46+,47-,54+,58-,60+,61+,62+,63+,64-,65+,66+,67+,68-,70+,71+,79-,81-/m0/s1. The van der Waals surface area contributed by atoms with Crippen LogP contribution < -0.4 is 79.0 Å². The number of phenols is 3. The molecule has 7 aliphatic rings. The van der Waals surface area contributed by atoms with Gasteiger partial charge in [-0.1, -0.05) is 84.5 Å². The van der Waals surface area contributed by atoms with Gasteiger partial charge >= 0.3 is 5.69 Å². The fourth-order valence-electron chi connectivity index (χ4n) is 15.0. The number of benzene rings is 6. The molecular formula is C81H89Cl4N13O26. The van der Waals surface area contributed by atoms with E-state index in [-0.39, 0.29) is 71.6 Å². The van der Waals surface area contributed by atoms with Gasteiger partial charge in [-0.2, -0.15) is 4.98 Å². The Bertz CT molecular complexity index is 5350. The van der Waals surface area contributed by atoms with Crippen molar-refractivity contribution >= 4 is 105 Å². The summed E-state index contributed by atoms with van der Waals surface area (Å²) in [6.45, 7) is 5.58. The third-order valence-electron chi connectivity index (χ3n) is 21.3. The van der Waals surface area contributed by atoms with Crippen molar-refractivity contribution in [1.29, 1.82) is 0 Å². The second-order valence-corrected chi connectivity index (χ2v) is 32.3. The predicted octanol–water partition coefficient (Wildman–Crippen LogP) is 2.07. The highest BCUT2D eigenvalue weighted by Gasteiger charge is 2.52. The number of aromatic hydroxyl groups is 3. The van der Waals surface area contributed by atoms with Crippen LogP contribution in [0.15, 0.2) is 114 Å². The zero-order chi connectivity index (χ0) is 89.8. The Labute approximate surface area is 725 Å². The molecule has 124 heavy (non-hydrogen) atoms. The van der Waals surface area contributed by atoms with Crippen LogP contribution in [-0.2, 0) is 75.2 Å². The number of carbonyl (C=O) groups excluding carboxylic acids is 9. The molecule has 2 saturated heterocycles. The lowest BCUT2D eigenvalue weighted by Gasteiger charge is -2.48. The third-order valence-corrected chi connectivity index (χ3v) is 22.7. The topological polar surface area (TPSA) is 582 Å². The number of anilines is 1. The molecule has 14 rings (SSSR count). The molecule has 21 N–H and O–H groups in total. The number of aliphatic hydroxyl groups excluding tert-OH is 6. The smallest absolute Gasteiger partial charge is 0.349 e. The van der Waals surface area contributed by atoms with Crippen LogP contribution in [0.5, 0.6) is 46.0 Å². The first kappa shape index (κ1) is 92.1. The summed E-state index contributed by atoms with van der Waals surface area (Å²) >= 11 is 26.5. The molecule has 0 saturated carbocycles. The van der Waals surface area contributed by atoms with E-state index in [0.717, 1.165) is 73.8 Å². The van der Waals surface area contributed by atoms with Crippen molar-refractivity contribution < 1.29 is 122 Å². The minimum atomic E-state index is -2.39. The Morgan fingerprint density at radius 2 is 1.35 bits per heavy atom. The number of hydroxylamine groups is 1. The number of ether oxygens (including phenoxy) is 6. The van der Waals surface area contributed by atoms with E-state index >= 15 is 24.0 Å². The average molecular weight is 1800 g/mol. The number of likely N-dealkylation sites (N-methyl/N-ethyl adjacent to an activating group) is 1. The number of rotatable bonds is 21. The van der Waals surface area contributed by atoms with Crippen LogP contribution in [0.4, 0.5) is 5.82 Å². The SMILES string of the molecule is CN[C@H](CC(C)C)C(=O)N[C@H]1C(=O)N[C@@H](CC(N)=O)C(=O)N[C@H]2C(=O)N[C@H]3C(=O)N[C@H](C(=O)N[C@@H](C(=O)NOC)c4cc(O)cc(O)c4-c4cc3ccc4O)[C@H](O)c3ccc(c(Cl)c3)Oc3cc2cc(c3O[C@@H]2O[C@H](CO)[C@@H](O)[C@H](O)[C@H]2O[C@H]2C[C@](C)(NCCn3ccc(NC(=O)Cc4ccc(Cl)c(Cl)c4)nc3=O)[C@H](O)[C@H](C)O2)Oc2ccc(cc2Cl)[C@H]1O. The maximum Gasteiger partial charge on any atom is 0.349 e. The average Bonchev–Trinajstić information content (AvgIpc) is 0.763. The molecule has 0 radical (unpaired) electrons. The number of aliphatic hydroxyl groups is 6. The number of halogens is 4. The number of fused-ring (bicyclic) bond motifs is 15. The van der Waals surface area contributed by atoms with Gasteiger partial charge in [0, 0.05) is 48.4 Å². The minimum absolute atomic E-state index is 0.0396. The molecule has 1 aromatic heterocycles. The molecule has 6 aromatic carbocycles. The molecule has 11 bridgehead atoms. The molecule has 662 valence electrons. The number of hydrogen-bond acceptors (Lipinski definition) is 29. The van der Waals surface area contributed by atoms with E-state index in [4.69, 9.17) is 85.4 Å². The van der Waals surface area contributed by atoms with E-state index in [1.165, 1.54) is 55.1 Å². The quantitative estimate of drug-likeness (QED) is 0.0458. The van der Waals surface area contributed by atoms with Crippen molar-refractivity contribution in [1.82, 2.24) is 57.6 Å². The Morgan fingerprint density at radius 1 is 0.702 bits per heavy atom. The molecular weight excluding hydrogens is 1710 g/mol. The van der Waals surface area contributed by atoms with Crippen LogP contribution in [0.1, 0.15) is 111 Å². The van der Waals surface area contributed by atoms with Crippen LogP contribution in [0, 0.1) is 5.92 Å². The lowest BCUT2D eigenvalue weighted by atomic mass is 9.85. The maximum absolute atomic E-state index is 16.3. The number of nitrogens with zero attached hydrogens (tertiary/aromatic N) is 2. The van der Waals surface area contributed by atoms with E-state index < -0.39 is 254 Å². The second-order valence-electron chi connectivity index (χ2n) is 30.6. The molecule has 2 fully saturated rings. The number of primary amides is 1. The summed E-state index contributed by atoms with van der Waals surface area (Å²) in [5.41, 5.74) is 3.55. The highest BCUT2D eigenvalue weighted by atomic mass is 35.5. The van der Waals surface area contributed by atoms with E-state index in [0.29, 0.717) is 10.6 Å². The molecule has 0 aliphatic carbocycles. The zero-order valence-corrected chi connectivity index (χ0v) is 69.7. The number of nitrogens with two attached hydrogens (primary N) is 1. The number of hydrogen-bond donors (Lipinski definition) is 20. The van der Waals surface area contributed by atoms with Crippen LogP contribution >= 0.6 is 46.4 Å². The summed E-state index contributed by atoms with van der Waals surface area (Å²) < 4.78 is 40.6. The molecule has 9 amide bonds. The van der Waals surface area contributed by atoms with Crippen LogP contribution in [0.3, 0.4) is 0 Å². The van der Waals surface area contributed by atoms with Crippen molar-refractivity contribution in [3.05, 3.63) is 173 Å². The summed E-state index contributed by atoms with van der Waals surface area (Å²) in [5.74, 6) is -16.1. The van der Waals surface area contributed by atoms with Gasteiger partial charge in [0.1, 0.15) is 101 Å². The fraction of sp³-hybridized carbons (Fsp3) is 0.395. The van der Waals surface area contributed by atoms with Gasteiger partial charge in [0.05, 0.1) is 64.9 Å². The van der Waals surface area contributed by atoms with E-state index in [9.17, 15) is 69.9 Å². The predicted molar refractivity (Wildman–Crippen MR) is 438 cm³/mol. The van der Waals surface area contributed by atoms with Gasteiger partial charge in [-0.05, 0) is 139 Å². The lowest BCUT2D eigenvalue weighted by molar-refractivity contribution is -0.334. The van der Waals surface area contributed by atoms with E-state index in [1.807, 2.05) is 13.8 Å². The molecule has 0 unspecified atom stereocenters. The number of amides is 9. The van der Waals surface area contributed by atoms with Crippen LogP contribution in [0.2, 0.25) is 20.1 Å². The molecule has 7 aromatic rings. The van der Waals surface area contributed by atoms with Crippen LogP contribution in [0.25, 0.3) is 11.1 Å². The lowest BCUT2D eigenvalue weighted by Crippen LogP contribution is -2.65. The largest absolute Gasteiger partial charge is 0.508 e. The third kappa shape index (κ3) is 20.6. The Hall–Kier alpha value is -11.1. The Balaban J connectivity index is 0.997. The number of carbonyl (C=O) groups is 9. The van der Waals surface area contributed by atoms with Gasteiger partial charge in [0.2, 0.25) is 59.3 Å². The molecule has 39 nitrogen and oxygen atoms in total. The van der Waals surface area contributed by atoms with Gasteiger partial charge in [0.25, 0.3) is 5.91 Å². The highest BCUT2D eigenvalue weighted by molar-refractivity contribution is 6.42. The fourth-order valence-corrected chi connectivity index (χ4v) is 15.7. The molecule has 8 heterocycles. The number of phenolic OH excluding ortho intramolecular Hbond substituents is 3. The Kier molecular flexibility index (Phi) is 29.0. The van der Waals surface area contributed by atoms with Gasteiger partial charge in [-0.15, -0.1) is 0 Å². The van der Waals surface area contributed by atoms with Crippen LogP contribution in [-0.4, -0.2) is 215 Å². The number of aromatic nitrogens is 2. The highest BCUT2D eigenvalue weighted by Crippen LogP contribution is 2.50. The van der Waals surface area contributed by atoms with Gasteiger partial charge in [-0.25, -0.2) is 10.3 Å². The van der Waals surface area contributed by atoms with Gasteiger partial charge < -0.3 is 128 Å². The second kappa shape index (κ2) is 39.0. The van der Waals surface area contributed by atoms with E-state index in [1.54, 1.807) is 13.0 Å². The number of nitrogens with one attached hydrogen (secondary N) is 10. The molecule has 43 heteroatoms. The summed E-state index contributed by atoms with van der Waals surface area (Å²) in [7, 11) is 2.50. The first-order valence-corrected chi connectivity index (χ1v) is 40.2. The monoisotopic (exact) mass is 1800 g/mol. The summed E-state index contributed by atoms with van der Waals surface area (Å²) in [6.07, 6.45) is -18.3. The van der Waals surface area contributed by atoms with Gasteiger partial charge in [-0.3, -0.25) is 52.6 Å². The first-order valence-electron chi connectivity index (χ1n) is 38.7. The van der Waals surface area contributed by atoms with Crippen molar-refractivity contribution in [3.63, 3.8) is 0 Å². The Morgan fingerprint density at radius 3 is 1.98 bits per heavy atom. The zero-order valence-electron chi connectivity index (χ0n) is 66.7. The maximum atomic E-state index is 16.3. The molecule has 0 spiro atoms. The van der Waals surface area contributed by atoms with Gasteiger partial charge in [0.15, 0.2) is 23.9 Å². The first-order chi connectivity index (χ1) is 58.8. The normalized spacial score (nSPS) is 26.1. The van der Waals surface area contributed by atoms with Crippen molar-refractivity contribution in [3.8, 4) is 57.1 Å². The van der Waals surface area contributed by atoms with Crippen molar-refractivity contribution in [2.24, 2.45) is 11.7 Å². The van der Waals surface area contributed by atoms with Crippen molar-refractivity contribution in [2.45, 2.75) is 169 Å².